The fourth-order valence-electron chi connectivity index (χ4n) is 1.49. The predicted molar refractivity (Wildman–Crippen MR) is 75.8 cm³/mol. The van der Waals surface area contributed by atoms with Gasteiger partial charge in [0, 0.05) is 17.5 Å². The third-order valence-corrected chi connectivity index (χ3v) is 3.43. The zero-order valence-corrected chi connectivity index (χ0v) is 11.6. The Balaban J connectivity index is 2.22. The number of rotatable bonds is 4. The smallest absolute Gasteiger partial charge is 0.271 e. The maximum atomic E-state index is 12.0. The second-order valence-electron chi connectivity index (χ2n) is 3.81. The second kappa shape index (κ2) is 5.85. The average molecular weight is 313 g/mol. The van der Waals surface area contributed by atoms with Crippen LogP contribution in [0.3, 0.4) is 0 Å². The van der Waals surface area contributed by atoms with Gasteiger partial charge in [0.2, 0.25) is 0 Å². The van der Waals surface area contributed by atoms with E-state index in [1.165, 1.54) is 11.3 Å². The molecule has 104 valence electrons. The van der Waals surface area contributed by atoms with Crippen LogP contribution in [0.15, 0.2) is 23.0 Å². The summed E-state index contributed by atoms with van der Waals surface area (Å²) in [6, 6.07) is 2.20. The molecule has 0 bridgehead atoms. The quantitative estimate of drug-likeness (QED) is 0.511. The number of carbonyl (C=O) groups excluding carboxylic acids is 1. The molecule has 1 aromatic heterocycles. The first-order chi connectivity index (χ1) is 9.49. The molecule has 0 saturated heterocycles. The summed E-state index contributed by atoms with van der Waals surface area (Å²) in [6.45, 7) is 0.210. The fourth-order valence-corrected chi connectivity index (χ4v) is 2.26. The van der Waals surface area contributed by atoms with Crippen LogP contribution < -0.4 is 11.1 Å². The number of nitro groups is 1. The number of anilines is 1. The molecule has 1 heterocycles. The average Bonchev–Trinajstić information content (AvgIpc) is 2.92. The van der Waals surface area contributed by atoms with E-state index in [0.717, 1.165) is 12.1 Å². The number of nitrogens with zero attached hydrogens (tertiary/aromatic N) is 2. The van der Waals surface area contributed by atoms with E-state index < -0.39 is 10.8 Å². The number of nitrogen functional groups attached to an aromatic ring is 1. The van der Waals surface area contributed by atoms with Gasteiger partial charge in [-0.1, -0.05) is 11.6 Å². The first kappa shape index (κ1) is 14.2. The van der Waals surface area contributed by atoms with Crippen LogP contribution >= 0.6 is 22.9 Å². The van der Waals surface area contributed by atoms with Gasteiger partial charge in [0.05, 0.1) is 38.9 Å². The minimum absolute atomic E-state index is 0.00745. The molecule has 9 heteroatoms. The first-order valence-corrected chi connectivity index (χ1v) is 6.70. The molecule has 0 spiro atoms. The molecule has 0 aliphatic carbocycles. The van der Waals surface area contributed by atoms with Crippen molar-refractivity contribution in [3.63, 3.8) is 0 Å². The van der Waals surface area contributed by atoms with Crippen molar-refractivity contribution in [1.29, 1.82) is 0 Å². The summed E-state index contributed by atoms with van der Waals surface area (Å²) in [5.74, 6) is -0.541. The zero-order chi connectivity index (χ0) is 14.7. The Morgan fingerprint density at radius 3 is 2.90 bits per heavy atom. The van der Waals surface area contributed by atoms with Gasteiger partial charge < -0.3 is 11.1 Å². The van der Waals surface area contributed by atoms with Crippen molar-refractivity contribution < 1.29 is 9.72 Å². The highest BCUT2D eigenvalue weighted by atomic mass is 35.5. The van der Waals surface area contributed by atoms with Gasteiger partial charge in [-0.05, 0) is 0 Å². The highest BCUT2D eigenvalue weighted by molar-refractivity contribution is 7.07. The van der Waals surface area contributed by atoms with Crippen LogP contribution in [-0.4, -0.2) is 15.8 Å². The molecule has 1 aromatic carbocycles. The van der Waals surface area contributed by atoms with E-state index >= 15 is 0 Å². The van der Waals surface area contributed by atoms with Gasteiger partial charge in [-0.25, -0.2) is 4.98 Å². The highest BCUT2D eigenvalue weighted by Gasteiger charge is 2.18. The first-order valence-electron chi connectivity index (χ1n) is 5.37. The van der Waals surface area contributed by atoms with Crippen LogP contribution in [0.4, 0.5) is 11.4 Å². The lowest BCUT2D eigenvalue weighted by atomic mass is 10.1. The lowest BCUT2D eigenvalue weighted by Gasteiger charge is -2.08. The number of hydrogen-bond acceptors (Lipinski definition) is 6. The van der Waals surface area contributed by atoms with Gasteiger partial charge in [-0.3, -0.25) is 14.9 Å². The lowest BCUT2D eigenvalue weighted by molar-refractivity contribution is -0.384. The van der Waals surface area contributed by atoms with Crippen LogP contribution in [0, 0.1) is 10.1 Å². The summed E-state index contributed by atoms with van der Waals surface area (Å²) < 4.78 is 0. The molecule has 2 aromatic rings. The topological polar surface area (TPSA) is 111 Å². The number of halogens is 1. The number of carbonyl (C=O) groups is 1. The van der Waals surface area contributed by atoms with Gasteiger partial charge in [0.25, 0.3) is 11.6 Å². The zero-order valence-electron chi connectivity index (χ0n) is 10.00. The maximum absolute atomic E-state index is 12.0. The molecular weight excluding hydrogens is 304 g/mol. The number of amides is 1. The molecule has 20 heavy (non-hydrogen) atoms. The van der Waals surface area contributed by atoms with Gasteiger partial charge in [0.15, 0.2) is 0 Å². The predicted octanol–water partition coefficient (Wildman–Crippen LogP) is 2.22. The number of nitrogens with two attached hydrogens (primary N) is 1. The Labute approximate surface area is 122 Å². The van der Waals surface area contributed by atoms with Crippen molar-refractivity contribution in [1.82, 2.24) is 10.3 Å². The van der Waals surface area contributed by atoms with E-state index in [0.29, 0.717) is 5.69 Å². The van der Waals surface area contributed by atoms with Crippen LogP contribution in [-0.2, 0) is 6.54 Å². The largest absolute Gasteiger partial charge is 0.397 e. The van der Waals surface area contributed by atoms with E-state index in [2.05, 4.69) is 10.3 Å². The fraction of sp³-hybridized carbons (Fsp3) is 0.0909. The molecular formula is C11H9ClN4O3S. The monoisotopic (exact) mass is 312 g/mol. The Morgan fingerprint density at radius 2 is 2.30 bits per heavy atom. The summed E-state index contributed by atoms with van der Waals surface area (Å²) in [4.78, 5) is 26.1. The van der Waals surface area contributed by atoms with Crippen molar-refractivity contribution >= 4 is 40.2 Å². The number of thiazole rings is 1. The number of nitrogens with one attached hydrogen (secondary N) is 1. The molecule has 7 nitrogen and oxygen atoms in total. The molecule has 0 saturated carbocycles. The second-order valence-corrected chi connectivity index (χ2v) is 4.93. The van der Waals surface area contributed by atoms with E-state index in [1.54, 1.807) is 10.9 Å². The minimum atomic E-state index is -0.636. The Morgan fingerprint density at radius 1 is 1.55 bits per heavy atom. The lowest BCUT2D eigenvalue weighted by Crippen LogP contribution is -2.24. The van der Waals surface area contributed by atoms with E-state index in [4.69, 9.17) is 17.3 Å². The number of hydrogen-bond donors (Lipinski definition) is 2. The van der Waals surface area contributed by atoms with Crippen molar-refractivity contribution in [2.45, 2.75) is 6.54 Å². The maximum Gasteiger partial charge on any atom is 0.271 e. The van der Waals surface area contributed by atoms with Crippen LogP contribution in [0.25, 0.3) is 0 Å². The molecule has 0 aliphatic heterocycles. The van der Waals surface area contributed by atoms with Crippen LogP contribution in [0.2, 0.25) is 5.02 Å². The number of aromatic nitrogens is 1. The highest BCUT2D eigenvalue weighted by Crippen LogP contribution is 2.28. The van der Waals surface area contributed by atoms with Crippen molar-refractivity contribution in [2.24, 2.45) is 0 Å². The van der Waals surface area contributed by atoms with E-state index in [9.17, 15) is 14.9 Å². The molecule has 2 rings (SSSR count). The summed E-state index contributed by atoms with van der Waals surface area (Å²) in [5, 5.41) is 15.1. The van der Waals surface area contributed by atoms with Crippen molar-refractivity contribution in [2.75, 3.05) is 5.73 Å². The van der Waals surface area contributed by atoms with Gasteiger partial charge in [0.1, 0.15) is 0 Å². The summed E-state index contributed by atoms with van der Waals surface area (Å²) in [7, 11) is 0. The van der Waals surface area contributed by atoms with Gasteiger partial charge >= 0.3 is 0 Å². The van der Waals surface area contributed by atoms with E-state index in [-0.39, 0.29) is 28.5 Å². The standard InChI is InChI=1S/C11H9ClN4O3S/c12-9-2-7(16(18)19)1-8(10(9)13)11(17)14-3-6-4-20-5-15-6/h1-2,4-5H,3,13H2,(H,14,17). The SMILES string of the molecule is Nc1c(Cl)cc([N+](=O)[O-])cc1C(=O)NCc1cscn1. The van der Waals surface area contributed by atoms with Gasteiger partial charge in [-0.2, -0.15) is 0 Å². The van der Waals surface area contributed by atoms with Crippen LogP contribution in [0.5, 0.6) is 0 Å². The van der Waals surface area contributed by atoms with Crippen molar-refractivity contribution in [3.8, 4) is 0 Å². The summed E-state index contributed by atoms with van der Waals surface area (Å²) >= 11 is 7.19. The summed E-state index contributed by atoms with van der Waals surface area (Å²) in [5.41, 5.74) is 7.69. The van der Waals surface area contributed by atoms with Gasteiger partial charge in [-0.15, -0.1) is 11.3 Å². The molecule has 0 atom stereocenters. The Bertz CT molecular complexity index is 660. The minimum Gasteiger partial charge on any atom is -0.397 e. The number of non-ortho nitro benzene ring substituents is 1. The molecule has 0 fully saturated rings. The Hall–Kier alpha value is -2.19. The summed E-state index contributed by atoms with van der Waals surface area (Å²) in [6.07, 6.45) is 0. The number of benzene rings is 1. The number of nitro benzene ring substituents is 1. The third kappa shape index (κ3) is 3.03. The van der Waals surface area contributed by atoms with Crippen LogP contribution in [0.1, 0.15) is 16.1 Å². The Kier molecular flexibility index (Phi) is 4.16. The van der Waals surface area contributed by atoms with Crippen molar-refractivity contribution in [3.05, 3.63) is 49.4 Å². The molecule has 0 unspecified atom stereocenters. The molecule has 1 amide bonds. The van der Waals surface area contributed by atoms with E-state index in [1.807, 2.05) is 0 Å². The molecule has 0 radical (unpaired) electrons. The molecule has 3 N–H and O–H groups in total. The molecule has 0 aliphatic rings. The third-order valence-electron chi connectivity index (χ3n) is 2.48. The normalized spacial score (nSPS) is 10.2.